The SMILES string of the molecule is Cc1c(Cl)cccc1Nc1cnc(C(=O)Nc2ccc(F)cc2F)cn1. The smallest absolute Gasteiger partial charge is 0.275 e. The molecule has 8 heteroatoms. The Hall–Kier alpha value is -3.06. The Morgan fingerprint density at radius 3 is 2.58 bits per heavy atom. The molecule has 0 unspecified atom stereocenters. The fourth-order valence-corrected chi connectivity index (χ4v) is 2.34. The predicted octanol–water partition coefficient (Wildman–Crippen LogP) is 4.71. The second-order valence-electron chi connectivity index (χ2n) is 5.40. The molecule has 0 saturated heterocycles. The molecule has 0 saturated carbocycles. The summed E-state index contributed by atoms with van der Waals surface area (Å²) >= 11 is 6.06. The van der Waals surface area contributed by atoms with Crippen LogP contribution in [0.2, 0.25) is 5.02 Å². The molecule has 0 spiro atoms. The second kappa shape index (κ2) is 7.45. The molecule has 0 atom stereocenters. The van der Waals surface area contributed by atoms with Crippen molar-refractivity contribution in [2.45, 2.75) is 6.92 Å². The van der Waals surface area contributed by atoms with Crippen molar-refractivity contribution in [3.8, 4) is 0 Å². The van der Waals surface area contributed by atoms with Crippen LogP contribution < -0.4 is 10.6 Å². The van der Waals surface area contributed by atoms with E-state index in [0.29, 0.717) is 16.9 Å². The van der Waals surface area contributed by atoms with Gasteiger partial charge < -0.3 is 10.6 Å². The van der Waals surface area contributed by atoms with Crippen LogP contribution in [0.25, 0.3) is 0 Å². The maximum Gasteiger partial charge on any atom is 0.275 e. The monoisotopic (exact) mass is 374 g/mol. The minimum atomic E-state index is -0.874. The van der Waals surface area contributed by atoms with Crippen LogP contribution in [0.15, 0.2) is 48.8 Å². The predicted molar refractivity (Wildman–Crippen MR) is 95.8 cm³/mol. The number of carbonyl (C=O) groups excluding carboxylic acids is 1. The van der Waals surface area contributed by atoms with E-state index in [2.05, 4.69) is 20.6 Å². The number of anilines is 3. The molecular formula is C18H13ClF2N4O. The van der Waals surface area contributed by atoms with Crippen LogP contribution in [0.1, 0.15) is 16.1 Å². The Bertz CT molecular complexity index is 964. The standard InChI is InChI=1S/C18H13ClF2N4O/c1-10-12(19)3-2-4-14(10)24-17-9-22-16(8-23-17)18(26)25-15-6-5-11(20)7-13(15)21/h2-9H,1H3,(H,23,24)(H,25,26). The molecule has 1 aromatic heterocycles. The lowest BCUT2D eigenvalue weighted by Crippen LogP contribution is -2.15. The first-order valence-electron chi connectivity index (χ1n) is 7.54. The third-order valence-corrected chi connectivity index (χ3v) is 4.00. The Kier molecular flexibility index (Phi) is 5.09. The van der Waals surface area contributed by atoms with Crippen LogP contribution >= 0.6 is 11.6 Å². The van der Waals surface area contributed by atoms with Gasteiger partial charge in [0.2, 0.25) is 0 Å². The highest BCUT2D eigenvalue weighted by molar-refractivity contribution is 6.31. The highest BCUT2D eigenvalue weighted by Gasteiger charge is 2.12. The molecule has 1 amide bonds. The number of benzene rings is 2. The van der Waals surface area contributed by atoms with Gasteiger partial charge in [0, 0.05) is 16.8 Å². The van der Waals surface area contributed by atoms with E-state index in [0.717, 1.165) is 23.4 Å². The zero-order valence-electron chi connectivity index (χ0n) is 13.6. The van der Waals surface area contributed by atoms with Gasteiger partial charge in [-0.15, -0.1) is 0 Å². The summed E-state index contributed by atoms with van der Waals surface area (Å²) in [5.41, 5.74) is 1.46. The molecule has 3 rings (SSSR count). The van der Waals surface area contributed by atoms with Crippen LogP contribution in [0.4, 0.5) is 26.0 Å². The fraction of sp³-hybridized carbons (Fsp3) is 0.0556. The summed E-state index contributed by atoms with van der Waals surface area (Å²) < 4.78 is 26.5. The van der Waals surface area contributed by atoms with Crippen LogP contribution in [-0.2, 0) is 0 Å². The van der Waals surface area contributed by atoms with Gasteiger partial charge in [0.05, 0.1) is 18.1 Å². The highest BCUT2D eigenvalue weighted by Crippen LogP contribution is 2.25. The van der Waals surface area contributed by atoms with Crippen molar-refractivity contribution in [2.75, 3.05) is 10.6 Å². The van der Waals surface area contributed by atoms with Gasteiger partial charge in [0.1, 0.15) is 23.1 Å². The molecule has 2 aromatic carbocycles. The summed E-state index contributed by atoms with van der Waals surface area (Å²) in [4.78, 5) is 20.2. The lowest BCUT2D eigenvalue weighted by atomic mass is 10.2. The Morgan fingerprint density at radius 2 is 1.88 bits per heavy atom. The van der Waals surface area contributed by atoms with E-state index in [1.165, 1.54) is 12.4 Å². The molecule has 3 aromatic rings. The molecule has 0 aliphatic heterocycles. The van der Waals surface area contributed by atoms with E-state index in [9.17, 15) is 13.6 Å². The number of rotatable bonds is 4. The van der Waals surface area contributed by atoms with Crippen molar-refractivity contribution in [3.05, 3.63) is 76.7 Å². The Labute approximate surface area is 153 Å². The topological polar surface area (TPSA) is 66.9 Å². The Balaban J connectivity index is 1.72. The molecular weight excluding hydrogens is 362 g/mol. The van der Waals surface area contributed by atoms with Gasteiger partial charge in [-0.25, -0.2) is 18.7 Å². The van der Waals surface area contributed by atoms with Gasteiger partial charge in [0.25, 0.3) is 5.91 Å². The third kappa shape index (κ3) is 3.94. The molecule has 0 radical (unpaired) electrons. The molecule has 5 nitrogen and oxygen atoms in total. The van der Waals surface area contributed by atoms with Crippen molar-refractivity contribution in [2.24, 2.45) is 0 Å². The van der Waals surface area contributed by atoms with Crippen molar-refractivity contribution in [1.29, 1.82) is 0 Å². The van der Waals surface area contributed by atoms with Gasteiger partial charge >= 0.3 is 0 Å². The first-order valence-corrected chi connectivity index (χ1v) is 7.92. The molecule has 2 N–H and O–H groups in total. The number of carbonyl (C=O) groups is 1. The van der Waals surface area contributed by atoms with Crippen LogP contribution in [-0.4, -0.2) is 15.9 Å². The summed E-state index contributed by atoms with van der Waals surface area (Å²) in [6.45, 7) is 1.86. The fourth-order valence-electron chi connectivity index (χ4n) is 2.17. The summed E-state index contributed by atoms with van der Waals surface area (Å²) in [7, 11) is 0. The molecule has 132 valence electrons. The number of nitrogens with zero attached hydrogens (tertiary/aromatic N) is 2. The van der Waals surface area contributed by atoms with Gasteiger partial charge in [-0.2, -0.15) is 0 Å². The lowest BCUT2D eigenvalue weighted by molar-refractivity contribution is 0.102. The maximum absolute atomic E-state index is 13.6. The normalized spacial score (nSPS) is 10.5. The number of aromatic nitrogens is 2. The average molecular weight is 375 g/mol. The molecule has 26 heavy (non-hydrogen) atoms. The average Bonchev–Trinajstić information content (AvgIpc) is 2.62. The number of amides is 1. The molecule has 0 aliphatic rings. The first-order chi connectivity index (χ1) is 12.4. The maximum atomic E-state index is 13.6. The second-order valence-corrected chi connectivity index (χ2v) is 5.81. The molecule has 0 aliphatic carbocycles. The minimum absolute atomic E-state index is 0.0120. The van der Waals surface area contributed by atoms with Crippen LogP contribution in [0.5, 0.6) is 0 Å². The minimum Gasteiger partial charge on any atom is -0.339 e. The number of hydrogen-bond donors (Lipinski definition) is 2. The summed E-state index contributed by atoms with van der Waals surface area (Å²) in [5.74, 6) is -1.85. The van der Waals surface area contributed by atoms with Crippen molar-refractivity contribution >= 4 is 34.7 Å². The summed E-state index contributed by atoms with van der Waals surface area (Å²) in [6.07, 6.45) is 2.62. The van der Waals surface area contributed by atoms with Crippen LogP contribution in [0.3, 0.4) is 0 Å². The summed E-state index contributed by atoms with van der Waals surface area (Å²) in [6, 6.07) is 8.26. The van der Waals surface area contributed by atoms with Gasteiger partial charge in [-0.3, -0.25) is 4.79 Å². The van der Waals surface area contributed by atoms with Crippen molar-refractivity contribution in [3.63, 3.8) is 0 Å². The number of hydrogen-bond acceptors (Lipinski definition) is 4. The third-order valence-electron chi connectivity index (χ3n) is 3.59. The van der Waals surface area contributed by atoms with E-state index in [1.54, 1.807) is 12.1 Å². The van der Waals surface area contributed by atoms with Gasteiger partial charge in [-0.05, 0) is 36.8 Å². The molecule has 1 heterocycles. The van der Waals surface area contributed by atoms with E-state index in [4.69, 9.17) is 11.6 Å². The van der Waals surface area contributed by atoms with Gasteiger partial charge in [-0.1, -0.05) is 17.7 Å². The quantitative estimate of drug-likeness (QED) is 0.694. The number of halogens is 3. The zero-order chi connectivity index (χ0) is 18.7. The first kappa shape index (κ1) is 17.8. The van der Waals surface area contributed by atoms with E-state index in [-0.39, 0.29) is 11.4 Å². The van der Waals surface area contributed by atoms with Gasteiger partial charge in [0.15, 0.2) is 0 Å². The lowest BCUT2D eigenvalue weighted by Gasteiger charge is -2.10. The molecule has 0 fully saturated rings. The van der Waals surface area contributed by atoms with E-state index >= 15 is 0 Å². The van der Waals surface area contributed by atoms with Crippen LogP contribution in [0, 0.1) is 18.6 Å². The van der Waals surface area contributed by atoms with E-state index in [1.807, 2.05) is 13.0 Å². The van der Waals surface area contributed by atoms with Crippen molar-refractivity contribution < 1.29 is 13.6 Å². The van der Waals surface area contributed by atoms with Crippen molar-refractivity contribution in [1.82, 2.24) is 9.97 Å². The Morgan fingerprint density at radius 1 is 1.08 bits per heavy atom. The van der Waals surface area contributed by atoms with E-state index < -0.39 is 17.5 Å². The number of nitrogens with one attached hydrogen (secondary N) is 2. The largest absolute Gasteiger partial charge is 0.339 e. The molecule has 0 bridgehead atoms. The summed E-state index contributed by atoms with van der Waals surface area (Å²) in [5, 5.41) is 5.98. The highest BCUT2D eigenvalue weighted by atomic mass is 35.5. The zero-order valence-corrected chi connectivity index (χ0v) is 14.3.